The summed E-state index contributed by atoms with van der Waals surface area (Å²) in [6.45, 7) is 1.85. The van der Waals surface area contributed by atoms with E-state index in [1.807, 2.05) is 19.1 Å². The number of aromatic nitrogens is 1. The standard InChI is InChI=1S/C14H14ClN3OS/c1-9(20-11-4-6-17-7-5-11)14(19)18-10-2-3-12(15)13(16)8-10/h2-9H,16H2,1H3,(H,18,19). The van der Waals surface area contributed by atoms with E-state index in [0.29, 0.717) is 16.4 Å². The molecule has 6 heteroatoms. The van der Waals surface area contributed by atoms with Crippen molar-refractivity contribution in [1.82, 2.24) is 4.98 Å². The van der Waals surface area contributed by atoms with Gasteiger partial charge in [-0.05, 0) is 37.3 Å². The first-order chi connectivity index (χ1) is 9.56. The quantitative estimate of drug-likeness (QED) is 0.670. The molecule has 1 aromatic carbocycles. The largest absolute Gasteiger partial charge is 0.397 e. The van der Waals surface area contributed by atoms with E-state index in [-0.39, 0.29) is 11.2 Å². The third kappa shape index (κ3) is 3.88. The Morgan fingerprint density at radius 3 is 2.70 bits per heavy atom. The van der Waals surface area contributed by atoms with Crippen molar-refractivity contribution in [1.29, 1.82) is 0 Å². The first-order valence-electron chi connectivity index (χ1n) is 5.99. The summed E-state index contributed by atoms with van der Waals surface area (Å²) in [4.78, 5) is 17.0. The fourth-order valence-electron chi connectivity index (χ4n) is 1.54. The molecule has 0 saturated heterocycles. The van der Waals surface area contributed by atoms with E-state index in [2.05, 4.69) is 10.3 Å². The molecule has 0 bridgehead atoms. The third-order valence-electron chi connectivity index (χ3n) is 2.60. The minimum Gasteiger partial charge on any atom is -0.397 e. The highest BCUT2D eigenvalue weighted by molar-refractivity contribution is 8.00. The maximum absolute atomic E-state index is 12.1. The molecular formula is C14H14ClN3OS. The molecule has 1 atom stereocenters. The number of nitrogens with two attached hydrogens (primary N) is 1. The molecular weight excluding hydrogens is 294 g/mol. The van der Waals surface area contributed by atoms with Crippen molar-refractivity contribution >= 4 is 40.6 Å². The number of benzene rings is 1. The molecule has 3 N–H and O–H groups in total. The van der Waals surface area contributed by atoms with E-state index in [1.54, 1.807) is 30.6 Å². The number of hydrogen-bond acceptors (Lipinski definition) is 4. The number of halogens is 1. The smallest absolute Gasteiger partial charge is 0.237 e. The third-order valence-corrected chi connectivity index (χ3v) is 4.05. The molecule has 104 valence electrons. The fraction of sp³-hybridized carbons (Fsp3) is 0.143. The maximum atomic E-state index is 12.1. The van der Waals surface area contributed by atoms with Gasteiger partial charge in [0.05, 0.1) is 16.0 Å². The van der Waals surface area contributed by atoms with Gasteiger partial charge in [-0.1, -0.05) is 11.6 Å². The van der Waals surface area contributed by atoms with E-state index in [4.69, 9.17) is 17.3 Å². The highest BCUT2D eigenvalue weighted by atomic mass is 35.5. The molecule has 0 aliphatic rings. The number of nitrogen functional groups attached to an aromatic ring is 1. The molecule has 0 aliphatic heterocycles. The topological polar surface area (TPSA) is 68.0 Å². The number of hydrogen-bond donors (Lipinski definition) is 2. The first-order valence-corrected chi connectivity index (χ1v) is 7.24. The lowest BCUT2D eigenvalue weighted by atomic mass is 10.2. The van der Waals surface area contributed by atoms with Crippen LogP contribution < -0.4 is 11.1 Å². The van der Waals surface area contributed by atoms with Crippen molar-refractivity contribution < 1.29 is 4.79 Å². The Bertz CT molecular complexity index is 607. The maximum Gasteiger partial charge on any atom is 0.237 e. The van der Waals surface area contributed by atoms with E-state index in [0.717, 1.165) is 4.90 Å². The number of rotatable bonds is 4. The van der Waals surface area contributed by atoms with Crippen molar-refractivity contribution in [3.63, 3.8) is 0 Å². The van der Waals surface area contributed by atoms with Crippen LogP contribution in [-0.4, -0.2) is 16.1 Å². The van der Waals surface area contributed by atoms with Gasteiger partial charge in [0.15, 0.2) is 0 Å². The minimum atomic E-state index is -0.227. The van der Waals surface area contributed by atoms with Gasteiger partial charge in [0, 0.05) is 23.0 Å². The summed E-state index contributed by atoms with van der Waals surface area (Å²) in [6.07, 6.45) is 3.40. The van der Waals surface area contributed by atoms with Crippen LogP contribution in [0.25, 0.3) is 0 Å². The average molecular weight is 308 g/mol. The number of amides is 1. The van der Waals surface area contributed by atoms with Crippen LogP contribution in [-0.2, 0) is 4.79 Å². The second-order valence-electron chi connectivity index (χ2n) is 4.17. The molecule has 1 unspecified atom stereocenters. The second kappa shape index (κ2) is 6.63. The highest BCUT2D eigenvalue weighted by Crippen LogP contribution is 2.25. The fourth-order valence-corrected chi connectivity index (χ4v) is 2.51. The van der Waals surface area contributed by atoms with Crippen molar-refractivity contribution in [3.05, 3.63) is 47.7 Å². The van der Waals surface area contributed by atoms with Crippen LogP contribution in [0.1, 0.15) is 6.92 Å². The summed E-state index contributed by atoms with van der Waals surface area (Å²) in [5, 5.41) is 3.06. The van der Waals surface area contributed by atoms with Crippen molar-refractivity contribution in [2.45, 2.75) is 17.1 Å². The van der Waals surface area contributed by atoms with E-state index < -0.39 is 0 Å². The zero-order valence-electron chi connectivity index (χ0n) is 10.8. The van der Waals surface area contributed by atoms with Crippen LogP contribution >= 0.6 is 23.4 Å². The van der Waals surface area contributed by atoms with E-state index in [9.17, 15) is 4.79 Å². The van der Waals surface area contributed by atoms with Gasteiger partial charge in [-0.15, -0.1) is 11.8 Å². The molecule has 0 spiro atoms. The van der Waals surface area contributed by atoms with Gasteiger partial charge >= 0.3 is 0 Å². The van der Waals surface area contributed by atoms with Gasteiger partial charge in [0.1, 0.15) is 0 Å². The number of carbonyl (C=O) groups excluding carboxylic acids is 1. The van der Waals surface area contributed by atoms with Gasteiger partial charge < -0.3 is 11.1 Å². The monoisotopic (exact) mass is 307 g/mol. The summed E-state index contributed by atoms with van der Waals surface area (Å²) in [7, 11) is 0. The number of nitrogens with one attached hydrogen (secondary N) is 1. The summed E-state index contributed by atoms with van der Waals surface area (Å²) < 4.78 is 0. The minimum absolute atomic E-state index is 0.0893. The Balaban J connectivity index is 1.99. The molecule has 0 radical (unpaired) electrons. The Morgan fingerprint density at radius 2 is 2.05 bits per heavy atom. The lowest BCUT2D eigenvalue weighted by molar-refractivity contribution is -0.115. The van der Waals surface area contributed by atoms with Gasteiger partial charge in [0.2, 0.25) is 5.91 Å². The number of thioether (sulfide) groups is 1. The van der Waals surface area contributed by atoms with Crippen LogP contribution in [0.5, 0.6) is 0 Å². The number of nitrogens with zero attached hydrogens (tertiary/aromatic N) is 1. The molecule has 2 rings (SSSR count). The molecule has 0 fully saturated rings. The molecule has 4 nitrogen and oxygen atoms in total. The Kier molecular flexibility index (Phi) is 4.87. The molecule has 0 aliphatic carbocycles. The van der Waals surface area contributed by atoms with Gasteiger partial charge in [-0.25, -0.2) is 0 Å². The van der Waals surface area contributed by atoms with Crippen LogP contribution in [0.4, 0.5) is 11.4 Å². The van der Waals surface area contributed by atoms with Gasteiger partial charge in [0.25, 0.3) is 0 Å². The van der Waals surface area contributed by atoms with Crippen molar-refractivity contribution in [3.8, 4) is 0 Å². The SMILES string of the molecule is CC(Sc1ccncc1)C(=O)Nc1ccc(Cl)c(N)c1. The van der Waals surface area contributed by atoms with E-state index in [1.165, 1.54) is 11.8 Å². The predicted molar refractivity (Wildman–Crippen MR) is 84.1 cm³/mol. The summed E-state index contributed by atoms with van der Waals surface area (Å²) in [6, 6.07) is 8.76. The van der Waals surface area contributed by atoms with Crippen LogP contribution in [0, 0.1) is 0 Å². The van der Waals surface area contributed by atoms with Crippen LogP contribution in [0.2, 0.25) is 5.02 Å². The lowest BCUT2D eigenvalue weighted by Crippen LogP contribution is -2.22. The van der Waals surface area contributed by atoms with Gasteiger partial charge in [-0.3, -0.25) is 9.78 Å². The zero-order valence-corrected chi connectivity index (χ0v) is 12.4. The highest BCUT2D eigenvalue weighted by Gasteiger charge is 2.14. The van der Waals surface area contributed by atoms with Crippen LogP contribution in [0.3, 0.4) is 0 Å². The zero-order chi connectivity index (χ0) is 14.5. The Hall–Kier alpha value is -1.72. The summed E-state index contributed by atoms with van der Waals surface area (Å²) >= 11 is 7.31. The van der Waals surface area contributed by atoms with Gasteiger partial charge in [-0.2, -0.15) is 0 Å². The predicted octanol–water partition coefficient (Wildman–Crippen LogP) is 3.44. The molecule has 0 saturated carbocycles. The molecule has 2 aromatic rings. The molecule has 1 aromatic heterocycles. The van der Waals surface area contributed by atoms with E-state index >= 15 is 0 Å². The molecule has 1 amide bonds. The number of pyridine rings is 1. The Morgan fingerprint density at radius 1 is 1.35 bits per heavy atom. The second-order valence-corrected chi connectivity index (χ2v) is 5.99. The molecule has 1 heterocycles. The summed E-state index contributed by atoms with van der Waals surface area (Å²) in [5.74, 6) is -0.0893. The number of carbonyl (C=O) groups is 1. The normalized spacial score (nSPS) is 11.9. The summed E-state index contributed by atoms with van der Waals surface area (Å²) in [5.41, 5.74) is 6.78. The van der Waals surface area contributed by atoms with Crippen LogP contribution in [0.15, 0.2) is 47.6 Å². The first kappa shape index (κ1) is 14.7. The average Bonchev–Trinajstić information content (AvgIpc) is 2.44. The number of anilines is 2. The van der Waals surface area contributed by atoms with Crippen molar-refractivity contribution in [2.75, 3.05) is 11.1 Å². The lowest BCUT2D eigenvalue weighted by Gasteiger charge is -2.12. The van der Waals surface area contributed by atoms with Crippen molar-refractivity contribution in [2.24, 2.45) is 0 Å². The Labute approximate surface area is 126 Å². The molecule has 20 heavy (non-hydrogen) atoms.